The third kappa shape index (κ3) is 12.5. The summed E-state index contributed by atoms with van der Waals surface area (Å²) >= 11 is 0. The average molecular weight is 680 g/mol. The van der Waals surface area contributed by atoms with Crippen LogP contribution in [-0.2, 0) is 23.7 Å². The number of hydrogen-bond donors (Lipinski definition) is 2. The van der Waals surface area contributed by atoms with Crippen LogP contribution in [-0.4, -0.2) is 72.2 Å². The number of rotatable bonds is 21. The monoisotopic (exact) mass is 679 g/mol. The molecule has 0 spiro atoms. The first-order valence-electron chi connectivity index (χ1n) is 17.9. The molecule has 2 aromatic rings. The maximum Gasteiger partial charge on any atom is 0.338 e. The van der Waals surface area contributed by atoms with Crippen molar-refractivity contribution in [2.45, 2.75) is 133 Å². The highest BCUT2D eigenvalue weighted by molar-refractivity contribution is 5.89. The number of unbranched alkanes of at least 4 members (excludes halogenated alkanes) is 11. The number of esters is 1. The fourth-order valence-electron chi connectivity index (χ4n) is 6.12. The Labute approximate surface area is 290 Å². The summed E-state index contributed by atoms with van der Waals surface area (Å²) in [5.74, 6) is -0.570. The minimum absolute atomic E-state index is 0.104. The van der Waals surface area contributed by atoms with Crippen molar-refractivity contribution >= 4 is 5.97 Å². The number of nitrogens with zero attached hydrogens (tertiary/aromatic N) is 3. The number of ether oxygens (including phenoxy) is 5. The number of aliphatic hydroxyl groups is 2. The highest BCUT2D eigenvalue weighted by Gasteiger charge is 2.49. The lowest BCUT2D eigenvalue weighted by Crippen LogP contribution is -2.62. The van der Waals surface area contributed by atoms with Crippen LogP contribution in [0.15, 0.2) is 77.9 Å². The second-order valence-electron chi connectivity index (χ2n) is 12.8. The molecule has 0 aromatic heterocycles. The Bertz CT molecular complexity index is 1290. The number of carbonyl (C=O) groups excluding carboxylic acids is 1. The van der Waals surface area contributed by atoms with Gasteiger partial charge < -0.3 is 33.9 Å². The molecule has 8 atom stereocenters. The average Bonchev–Trinajstić information content (AvgIpc) is 3.14. The lowest BCUT2D eigenvalue weighted by atomic mass is 9.98. The molecule has 2 aliphatic rings. The molecule has 11 heteroatoms. The highest BCUT2D eigenvalue weighted by atomic mass is 16.8. The van der Waals surface area contributed by atoms with E-state index in [2.05, 4.69) is 16.9 Å². The minimum Gasteiger partial charge on any atom is -0.454 e. The van der Waals surface area contributed by atoms with Crippen LogP contribution in [0.25, 0.3) is 10.4 Å². The van der Waals surface area contributed by atoms with Gasteiger partial charge in [-0.3, -0.25) is 0 Å². The first kappa shape index (κ1) is 38.5. The molecular formula is C38H53N3O8. The van der Waals surface area contributed by atoms with E-state index >= 15 is 0 Å². The lowest BCUT2D eigenvalue weighted by Gasteiger charge is -2.46. The SMILES string of the molecule is CCCCCCCCCCCCCC=C[C@@H](OC(=O)c1ccccc1)[C@H](CO[C@@H]1O[C@@H]2COC(c3ccccc3)O[C@H]2[C@H](O)[C@H]1O)N=[N+]=[N-]. The molecule has 2 N–H and O–H groups in total. The first-order valence-corrected chi connectivity index (χ1v) is 17.9. The van der Waals surface area contributed by atoms with E-state index in [0.717, 1.165) is 24.8 Å². The summed E-state index contributed by atoms with van der Waals surface area (Å²) in [5.41, 5.74) is 10.6. The number of benzene rings is 2. The van der Waals surface area contributed by atoms with Gasteiger partial charge in [0.15, 0.2) is 12.6 Å². The Kier molecular flexibility index (Phi) is 17.1. The molecule has 0 aliphatic carbocycles. The topological polar surface area (TPSA) is 152 Å². The van der Waals surface area contributed by atoms with E-state index in [4.69, 9.17) is 23.7 Å². The molecule has 49 heavy (non-hydrogen) atoms. The Balaban J connectivity index is 1.30. The molecule has 0 amide bonds. The molecule has 2 saturated heterocycles. The van der Waals surface area contributed by atoms with Gasteiger partial charge >= 0.3 is 5.97 Å². The van der Waals surface area contributed by atoms with Crippen LogP contribution in [0.4, 0.5) is 0 Å². The van der Waals surface area contributed by atoms with Gasteiger partial charge in [0, 0.05) is 10.5 Å². The number of azide groups is 1. The largest absolute Gasteiger partial charge is 0.454 e. The van der Waals surface area contributed by atoms with Crippen molar-refractivity contribution in [2.24, 2.45) is 5.11 Å². The molecule has 11 nitrogen and oxygen atoms in total. The Morgan fingerprint density at radius 3 is 2.20 bits per heavy atom. The Hall–Kier alpha value is -3.28. The summed E-state index contributed by atoms with van der Waals surface area (Å²) in [7, 11) is 0. The van der Waals surface area contributed by atoms with Crippen LogP contribution in [0.2, 0.25) is 0 Å². The molecule has 268 valence electrons. The highest BCUT2D eigenvalue weighted by Crippen LogP contribution is 2.34. The molecule has 4 rings (SSSR count). The fraction of sp³-hybridized carbons (Fsp3) is 0.605. The zero-order valence-electron chi connectivity index (χ0n) is 28.6. The minimum atomic E-state index is -1.45. The maximum atomic E-state index is 13.0. The van der Waals surface area contributed by atoms with E-state index in [1.807, 2.05) is 36.4 Å². The molecular weight excluding hydrogens is 626 g/mol. The molecule has 2 fully saturated rings. The van der Waals surface area contributed by atoms with Gasteiger partial charge in [0.05, 0.1) is 18.8 Å². The van der Waals surface area contributed by atoms with Gasteiger partial charge in [-0.1, -0.05) is 131 Å². The Morgan fingerprint density at radius 2 is 1.55 bits per heavy atom. The maximum absolute atomic E-state index is 13.0. The normalized spacial score (nSPS) is 24.9. The van der Waals surface area contributed by atoms with Gasteiger partial charge in [-0.05, 0) is 36.6 Å². The van der Waals surface area contributed by atoms with Gasteiger partial charge in [0.2, 0.25) is 0 Å². The van der Waals surface area contributed by atoms with Crippen LogP contribution in [0.3, 0.4) is 0 Å². The van der Waals surface area contributed by atoms with Crippen molar-refractivity contribution in [3.63, 3.8) is 0 Å². The number of hydrogen-bond acceptors (Lipinski definition) is 9. The van der Waals surface area contributed by atoms with E-state index < -0.39 is 55.1 Å². The van der Waals surface area contributed by atoms with Crippen LogP contribution >= 0.6 is 0 Å². The molecule has 0 saturated carbocycles. The number of fused-ring (bicyclic) bond motifs is 1. The summed E-state index contributed by atoms with van der Waals surface area (Å²) in [5, 5.41) is 25.8. The van der Waals surface area contributed by atoms with Crippen molar-refractivity contribution in [3.8, 4) is 0 Å². The predicted octanol–water partition coefficient (Wildman–Crippen LogP) is 7.73. The smallest absolute Gasteiger partial charge is 0.338 e. The second kappa shape index (κ2) is 21.7. The zero-order chi connectivity index (χ0) is 34.7. The summed E-state index contributed by atoms with van der Waals surface area (Å²) in [6.07, 6.45) is 10.9. The van der Waals surface area contributed by atoms with Crippen LogP contribution in [0, 0.1) is 0 Å². The van der Waals surface area contributed by atoms with Gasteiger partial charge in [0.25, 0.3) is 0 Å². The molecule has 2 aromatic carbocycles. The molecule has 2 heterocycles. The molecule has 0 radical (unpaired) electrons. The standard InChI is InChI=1S/C38H53N3O8/c1-2-3-4-5-6-7-8-9-10-11-12-13-20-25-31(47-36(44)28-21-16-14-17-22-28)30(40-41-39)26-45-38-34(43)33(42)35-32(48-38)27-46-37(49-35)29-23-18-15-19-24-29/h14-25,30-35,37-38,42-43H,2-13,26-27H2,1H3/t30-,31+,32+,33+,34+,35+,37?,38+/m0/s1. The van der Waals surface area contributed by atoms with Crippen molar-refractivity contribution in [3.05, 3.63) is 94.4 Å². The number of allylic oxidation sites excluding steroid dienone is 1. The molecule has 2 aliphatic heterocycles. The molecule has 0 bridgehead atoms. The van der Waals surface area contributed by atoms with Gasteiger partial charge in [-0.15, -0.1) is 0 Å². The van der Waals surface area contributed by atoms with E-state index in [9.17, 15) is 20.5 Å². The van der Waals surface area contributed by atoms with Gasteiger partial charge in [0.1, 0.15) is 36.6 Å². The van der Waals surface area contributed by atoms with E-state index in [1.165, 1.54) is 57.8 Å². The predicted molar refractivity (Wildman–Crippen MR) is 185 cm³/mol. The summed E-state index contributed by atoms with van der Waals surface area (Å²) in [6, 6.07) is 16.9. The van der Waals surface area contributed by atoms with Crippen molar-refractivity contribution in [1.82, 2.24) is 0 Å². The van der Waals surface area contributed by atoms with Crippen molar-refractivity contribution in [1.29, 1.82) is 0 Å². The van der Waals surface area contributed by atoms with Crippen molar-refractivity contribution < 1.29 is 38.7 Å². The van der Waals surface area contributed by atoms with Gasteiger partial charge in [-0.2, -0.15) is 0 Å². The van der Waals surface area contributed by atoms with Crippen LogP contribution in [0.1, 0.15) is 106 Å². The van der Waals surface area contributed by atoms with E-state index in [0.29, 0.717) is 5.56 Å². The first-order chi connectivity index (χ1) is 24.0. The van der Waals surface area contributed by atoms with Crippen molar-refractivity contribution in [2.75, 3.05) is 13.2 Å². The third-order valence-corrected chi connectivity index (χ3v) is 8.97. The fourth-order valence-corrected chi connectivity index (χ4v) is 6.12. The third-order valence-electron chi connectivity index (χ3n) is 8.97. The van der Waals surface area contributed by atoms with Crippen LogP contribution in [0.5, 0.6) is 0 Å². The Morgan fingerprint density at radius 1 is 0.918 bits per heavy atom. The summed E-state index contributed by atoms with van der Waals surface area (Å²) < 4.78 is 29.5. The molecule has 1 unspecified atom stereocenters. The quantitative estimate of drug-likeness (QED) is 0.0340. The van der Waals surface area contributed by atoms with Gasteiger partial charge in [-0.25, -0.2) is 4.79 Å². The van der Waals surface area contributed by atoms with E-state index in [-0.39, 0.29) is 13.2 Å². The van der Waals surface area contributed by atoms with E-state index in [1.54, 1.807) is 36.4 Å². The summed E-state index contributed by atoms with van der Waals surface area (Å²) in [6.45, 7) is 2.09. The number of carbonyl (C=O) groups is 1. The lowest BCUT2D eigenvalue weighted by molar-refractivity contribution is -0.361. The number of aliphatic hydroxyl groups excluding tert-OH is 2. The second-order valence-corrected chi connectivity index (χ2v) is 12.8. The summed E-state index contributed by atoms with van der Waals surface area (Å²) in [4.78, 5) is 16.0. The zero-order valence-corrected chi connectivity index (χ0v) is 28.6. The van der Waals surface area contributed by atoms with Crippen LogP contribution < -0.4 is 0 Å².